The molecule has 1 N–H and O–H groups in total. The minimum absolute atomic E-state index is 0.0175. The molecule has 0 aromatic heterocycles. The number of nitrogens with one attached hydrogen (secondary N) is 1. The fourth-order valence-electron chi connectivity index (χ4n) is 2.60. The van der Waals surface area contributed by atoms with Crippen molar-refractivity contribution in [2.75, 3.05) is 6.54 Å². The van der Waals surface area contributed by atoms with E-state index in [9.17, 15) is 8.76 Å². The molecule has 1 aromatic rings. The van der Waals surface area contributed by atoms with E-state index < -0.39 is 11.3 Å². The first-order chi connectivity index (χ1) is 11.5. The molecule has 0 bridgehead atoms. The quantitative estimate of drug-likeness (QED) is 0.614. The van der Waals surface area contributed by atoms with Gasteiger partial charge in [0, 0.05) is 23.4 Å². The van der Waals surface area contributed by atoms with Crippen molar-refractivity contribution >= 4 is 11.3 Å². The second kappa shape index (κ2) is 9.15. The Hall–Kier alpha value is -0.910. The minimum atomic E-state index is -2.22. The summed E-state index contributed by atoms with van der Waals surface area (Å²) in [4.78, 5) is 0. The van der Waals surface area contributed by atoms with Crippen LogP contribution in [-0.2, 0) is 22.1 Å². The van der Waals surface area contributed by atoms with Crippen molar-refractivity contribution in [1.29, 1.82) is 0 Å². The summed E-state index contributed by atoms with van der Waals surface area (Å²) in [6.45, 7) is 15.8. The first kappa shape index (κ1) is 22.1. The third kappa shape index (κ3) is 6.39. The Balaban J connectivity index is 3.07. The molecular weight excluding hydrogens is 334 g/mol. The summed E-state index contributed by atoms with van der Waals surface area (Å²) in [6.07, 6.45) is 2.66. The van der Waals surface area contributed by atoms with Crippen molar-refractivity contribution in [3.63, 3.8) is 0 Å². The Labute approximate surface area is 156 Å². The topological polar surface area (TPSA) is 61.4 Å². The van der Waals surface area contributed by atoms with Crippen molar-refractivity contribution < 1.29 is 13.5 Å². The Bertz CT molecular complexity index is 584. The summed E-state index contributed by atoms with van der Waals surface area (Å²) < 4.78 is 29.7. The van der Waals surface area contributed by atoms with Gasteiger partial charge in [-0.25, -0.2) is 4.72 Å². The molecule has 2 unspecified atom stereocenters. The number of ether oxygens (including phenoxy) is 1. The summed E-state index contributed by atoms with van der Waals surface area (Å²) >= 11 is -2.22. The molecular formula is C20H34NO3S-. The average molecular weight is 369 g/mol. The zero-order valence-electron chi connectivity index (χ0n) is 16.8. The standard InChI is InChI=1S/C20H35NO3S/c1-8-19(4,5)16-10-11-18(17(14-16)20(6,7)9-2)24-15(3)12-13-21-25(22)23/h10-11,14-15,21H,8-9,12-13H2,1-7H3,(H,22,23)/p-1. The van der Waals surface area contributed by atoms with Gasteiger partial charge in [0.15, 0.2) is 0 Å². The average Bonchev–Trinajstić information content (AvgIpc) is 2.54. The summed E-state index contributed by atoms with van der Waals surface area (Å²) in [7, 11) is 0. The lowest BCUT2D eigenvalue weighted by Gasteiger charge is -2.31. The molecule has 0 saturated carbocycles. The van der Waals surface area contributed by atoms with Crippen LogP contribution in [0.15, 0.2) is 18.2 Å². The van der Waals surface area contributed by atoms with Crippen LogP contribution >= 0.6 is 0 Å². The summed E-state index contributed by atoms with van der Waals surface area (Å²) in [5.74, 6) is 0.901. The van der Waals surface area contributed by atoms with Crippen LogP contribution in [0.25, 0.3) is 0 Å². The van der Waals surface area contributed by atoms with Gasteiger partial charge < -0.3 is 9.29 Å². The minimum Gasteiger partial charge on any atom is -0.760 e. The highest BCUT2D eigenvalue weighted by Crippen LogP contribution is 2.38. The van der Waals surface area contributed by atoms with Gasteiger partial charge in [0.1, 0.15) is 5.75 Å². The van der Waals surface area contributed by atoms with E-state index in [1.54, 1.807) is 0 Å². The zero-order chi connectivity index (χ0) is 19.3. The fraction of sp³-hybridized carbons (Fsp3) is 0.700. The number of benzene rings is 1. The van der Waals surface area contributed by atoms with Gasteiger partial charge in [-0.2, -0.15) is 0 Å². The van der Waals surface area contributed by atoms with Crippen LogP contribution in [0.2, 0.25) is 0 Å². The van der Waals surface area contributed by atoms with Gasteiger partial charge in [-0.05, 0) is 48.6 Å². The van der Waals surface area contributed by atoms with E-state index in [1.165, 1.54) is 11.1 Å². The smallest absolute Gasteiger partial charge is 0.123 e. The number of hydrogen-bond donors (Lipinski definition) is 1. The van der Waals surface area contributed by atoms with E-state index in [1.807, 2.05) is 6.92 Å². The lowest BCUT2D eigenvalue weighted by atomic mass is 9.76. The van der Waals surface area contributed by atoms with Gasteiger partial charge >= 0.3 is 0 Å². The molecule has 0 aliphatic rings. The van der Waals surface area contributed by atoms with Crippen LogP contribution < -0.4 is 9.46 Å². The van der Waals surface area contributed by atoms with Crippen molar-refractivity contribution in [1.82, 2.24) is 4.72 Å². The molecule has 0 fully saturated rings. The highest BCUT2D eigenvalue weighted by molar-refractivity contribution is 7.77. The predicted molar refractivity (Wildman–Crippen MR) is 105 cm³/mol. The van der Waals surface area contributed by atoms with Gasteiger partial charge in [0.05, 0.1) is 6.10 Å². The molecule has 5 heteroatoms. The fourth-order valence-corrected chi connectivity index (χ4v) is 2.88. The molecule has 0 heterocycles. The highest BCUT2D eigenvalue weighted by atomic mass is 32.2. The molecule has 1 rings (SSSR count). The largest absolute Gasteiger partial charge is 0.760 e. The summed E-state index contributed by atoms with van der Waals surface area (Å²) in [5, 5.41) is 0. The van der Waals surface area contributed by atoms with Crippen LogP contribution in [0.5, 0.6) is 5.75 Å². The van der Waals surface area contributed by atoms with E-state index in [2.05, 4.69) is 64.5 Å². The number of rotatable bonds is 10. The molecule has 25 heavy (non-hydrogen) atoms. The van der Waals surface area contributed by atoms with Gasteiger partial charge in [-0.1, -0.05) is 53.7 Å². The van der Waals surface area contributed by atoms with Crippen molar-refractivity contribution in [3.05, 3.63) is 29.3 Å². The predicted octanol–water partition coefficient (Wildman–Crippen LogP) is 4.60. The molecule has 0 aliphatic carbocycles. The Morgan fingerprint density at radius 1 is 1.16 bits per heavy atom. The first-order valence-corrected chi connectivity index (χ1v) is 10.3. The zero-order valence-corrected chi connectivity index (χ0v) is 17.6. The van der Waals surface area contributed by atoms with Crippen LogP contribution in [0, 0.1) is 0 Å². The van der Waals surface area contributed by atoms with E-state index >= 15 is 0 Å². The van der Waals surface area contributed by atoms with E-state index in [0.717, 1.165) is 18.6 Å². The van der Waals surface area contributed by atoms with E-state index in [4.69, 9.17) is 4.74 Å². The maximum Gasteiger partial charge on any atom is 0.123 e. The van der Waals surface area contributed by atoms with Crippen molar-refractivity contribution in [3.8, 4) is 5.75 Å². The Morgan fingerprint density at radius 2 is 1.76 bits per heavy atom. The van der Waals surface area contributed by atoms with E-state index in [-0.39, 0.29) is 16.9 Å². The lowest BCUT2D eigenvalue weighted by molar-refractivity contribution is 0.206. The molecule has 4 nitrogen and oxygen atoms in total. The Morgan fingerprint density at radius 3 is 2.28 bits per heavy atom. The first-order valence-electron chi connectivity index (χ1n) is 9.18. The van der Waals surface area contributed by atoms with Gasteiger partial charge in [-0.3, -0.25) is 4.21 Å². The molecule has 0 aliphatic heterocycles. The summed E-state index contributed by atoms with van der Waals surface area (Å²) in [5.41, 5.74) is 2.70. The molecule has 144 valence electrons. The molecule has 2 atom stereocenters. The third-order valence-corrected chi connectivity index (χ3v) is 5.80. The van der Waals surface area contributed by atoms with Crippen LogP contribution in [0.1, 0.15) is 78.9 Å². The lowest BCUT2D eigenvalue weighted by Crippen LogP contribution is -2.25. The second-order valence-electron chi connectivity index (χ2n) is 8.03. The highest BCUT2D eigenvalue weighted by Gasteiger charge is 2.27. The van der Waals surface area contributed by atoms with Gasteiger partial charge in [0.25, 0.3) is 0 Å². The van der Waals surface area contributed by atoms with Crippen molar-refractivity contribution in [2.24, 2.45) is 0 Å². The van der Waals surface area contributed by atoms with Crippen LogP contribution in [0.4, 0.5) is 0 Å². The maximum absolute atomic E-state index is 10.6. The summed E-state index contributed by atoms with van der Waals surface area (Å²) in [6, 6.07) is 6.53. The number of hydrogen-bond acceptors (Lipinski definition) is 3. The third-order valence-electron chi connectivity index (χ3n) is 5.36. The van der Waals surface area contributed by atoms with Crippen LogP contribution in [-0.4, -0.2) is 21.4 Å². The molecule has 0 saturated heterocycles. The molecule has 1 aromatic carbocycles. The Kier molecular flexibility index (Phi) is 8.10. The van der Waals surface area contributed by atoms with Crippen LogP contribution in [0.3, 0.4) is 0 Å². The van der Waals surface area contributed by atoms with Gasteiger partial charge in [0.2, 0.25) is 0 Å². The second-order valence-corrected chi connectivity index (χ2v) is 8.79. The molecule has 0 amide bonds. The van der Waals surface area contributed by atoms with Crippen molar-refractivity contribution in [2.45, 2.75) is 84.7 Å². The molecule has 0 spiro atoms. The monoisotopic (exact) mass is 368 g/mol. The van der Waals surface area contributed by atoms with Gasteiger partial charge in [-0.15, -0.1) is 0 Å². The maximum atomic E-state index is 10.6. The normalized spacial score (nSPS) is 15.0. The molecule has 0 radical (unpaired) electrons. The van der Waals surface area contributed by atoms with E-state index in [0.29, 0.717) is 13.0 Å². The SMILES string of the molecule is CCC(C)(C)c1ccc(OC(C)CCNS(=O)[O-])c(C(C)(C)CC)c1.